The molecule has 28 heavy (non-hydrogen) atoms. The third-order valence-electron chi connectivity index (χ3n) is 4.41. The highest BCUT2D eigenvalue weighted by Gasteiger charge is 2.31. The number of rotatable bonds is 4. The van der Waals surface area contributed by atoms with Gasteiger partial charge < -0.3 is 15.5 Å². The molecule has 0 saturated carbocycles. The Morgan fingerprint density at radius 3 is 2.54 bits per heavy atom. The molecule has 1 saturated heterocycles. The van der Waals surface area contributed by atoms with Crippen molar-refractivity contribution in [2.75, 3.05) is 23.3 Å². The first kappa shape index (κ1) is 19.7. The summed E-state index contributed by atoms with van der Waals surface area (Å²) in [6.07, 6.45) is -2.25. The zero-order valence-corrected chi connectivity index (χ0v) is 15.1. The van der Waals surface area contributed by atoms with Crippen LogP contribution in [0.15, 0.2) is 42.6 Å². The number of nitrogens with one attached hydrogen (secondary N) is 2. The first-order valence-corrected chi connectivity index (χ1v) is 8.69. The monoisotopic (exact) mass is 392 g/mol. The standard InChI is InChI=1S/C19H19F3N4O2/c1-12(27)24-17-10-13(6-8-23-17)18(28)25-15-7-9-26(11-15)16-4-2-14(3-5-16)19(20,21)22/h2-6,8,10,15H,7,9,11H2,1H3,(H,25,28)(H,23,24,27). The number of benzene rings is 1. The molecule has 1 fully saturated rings. The molecule has 3 rings (SSSR count). The van der Waals surface area contributed by atoms with Crippen LogP contribution in [0.3, 0.4) is 0 Å². The molecule has 1 aromatic heterocycles. The van der Waals surface area contributed by atoms with E-state index in [1.165, 1.54) is 31.3 Å². The summed E-state index contributed by atoms with van der Waals surface area (Å²) in [5.41, 5.74) is 0.362. The predicted octanol–water partition coefficient (Wildman–Crippen LogP) is 3.07. The van der Waals surface area contributed by atoms with E-state index >= 15 is 0 Å². The van der Waals surface area contributed by atoms with Crippen molar-refractivity contribution in [3.63, 3.8) is 0 Å². The van der Waals surface area contributed by atoms with Crippen LogP contribution in [0.5, 0.6) is 0 Å². The fourth-order valence-electron chi connectivity index (χ4n) is 3.06. The summed E-state index contributed by atoms with van der Waals surface area (Å²) < 4.78 is 38.0. The first-order chi connectivity index (χ1) is 13.2. The summed E-state index contributed by atoms with van der Waals surface area (Å²) in [6, 6.07) is 7.89. The van der Waals surface area contributed by atoms with Crippen LogP contribution in [0.1, 0.15) is 29.3 Å². The van der Waals surface area contributed by atoms with Crippen molar-refractivity contribution in [2.45, 2.75) is 25.6 Å². The molecule has 2 heterocycles. The number of pyridine rings is 1. The van der Waals surface area contributed by atoms with Crippen LogP contribution in [0.25, 0.3) is 0 Å². The molecule has 0 spiro atoms. The maximum Gasteiger partial charge on any atom is 0.416 e. The van der Waals surface area contributed by atoms with Gasteiger partial charge in [0.15, 0.2) is 0 Å². The maximum absolute atomic E-state index is 12.7. The molecule has 1 atom stereocenters. The second-order valence-corrected chi connectivity index (χ2v) is 6.56. The lowest BCUT2D eigenvalue weighted by Gasteiger charge is -2.20. The van der Waals surface area contributed by atoms with Gasteiger partial charge in [0.1, 0.15) is 5.82 Å². The summed E-state index contributed by atoms with van der Waals surface area (Å²) in [7, 11) is 0. The minimum atomic E-state index is -4.36. The number of hydrogen-bond donors (Lipinski definition) is 2. The molecular formula is C19H19F3N4O2. The zero-order chi connectivity index (χ0) is 20.3. The summed E-state index contributed by atoms with van der Waals surface area (Å²) >= 11 is 0. The van der Waals surface area contributed by atoms with Gasteiger partial charge in [0, 0.05) is 43.5 Å². The van der Waals surface area contributed by atoms with Crippen LogP contribution in [0, 0.1) is 0 Å². The van der Waals surface area contributed by atoms with Gasteiger partial charge >= 0.3 is 6.18 Å². The van der Waals surface area contributed by atoms with Crippen molar-refractivity contribution in [1.29, 1.82) is 0 Å². The Hall–Kier alpha value is -3.10. The molecule has 0 bridgehead atoms. The lowest BCUT2D eigenvalue weighted by molar-refractivity contribution is -0.137. The van der Waals surface area contributed by atoms with Crippen molar-refractivity contribution >= 4 is 23.3 Å². The molecule has 2 amide bonds. The molecule has 1 aliphatic heterocycles. The summed E-state index contributed by atoms with van der Waals surface area (Å²) in [5.74, 6) is -0.292. The average Bonchev–Trinajstić information content (AvgIpc) is 3.09. The second kappa shape index (κ2) is 7.87. The molecule has 6 nitrogen and oxygen atoms in total. The number of aromatic nitrogens is 1. The molecule has 148 valence electrons. The van der Waals surface area contributed by atoms with Crippen LogP contribution in [-0.4, -0.2) is 35.9 Å². The Kier molecular flexibility index (Phi) is 5.53. The molecule has 1 aliphatic rings. The summed E-state index contributed by atoms with van der Waals surface area (Å²) in [4.78, 5) is 29.4. The van der Waals surface area contributed by atoms with Crippen molar-refractivity contribution in [3.05, 3.63) is 53.7 Å². The van der Waals surface area contributed by atoms with E-state index in [1.54, 1.807) is 6.07 Å². The largest absolute Gasteiger partial charge is 0.416 e. The smallest absolute Gasteiger partial charge is 0.369 e. The SMILES string of the molecule is CC(=O)Nc1cc(C(=O)NC2CCN(c3ccc(C(F)(F)F)cc3)C2)ccn1. The third-order valence-corrected chi connectivity index (χ3v) is 4.41. The predicted molar refractivity (Wildman–Crippen MR) is 98.1 cm³/mol. The Bertz CT molecular complexity index is 868. The fourth-order valence-corrected chi connectivity index (χ4v) is 3.06. The minimum Gasteiger partial charge on any atom is -0.369 e. The zero-order valence-electron chi connectivity index (χ0n) is 15.1. The average molecular weight is 392 g/mol. The lowest BCUT2D eigenvalue weighted by Crippen LogP contribution is -2.37. The van der Waals surface area contributed by atoms with Gasteiger partial charge in [-0.25, -0.2) is 4.98 Å². The molecule has 2 N–H and O–H groups in total. The lowest BCUT2D eigenvalue weighted by atomic mass is 10.2. The highest BCUT2D eigenvalue weighted by Crippen LogP contribution is 2.31. The van der Waals surface area contributed by atoms with Gasteiger partial charge in [-0.1, -0.05) is 0 Å². The van der Waals surface area contributed by atoms with Gasteiger partial charge in [0.05, 0.1) is 5.56 Å². The van der Waals surface area contributed by atoms with Gasteiger partial charge in [-0.3, -0.25) is 9.59 Å². The number of anilines is 2. The molecule has 2 aromatic rings. The Labute approximate surface area is 159 Å². The van der Waals surface area contributed by atoms with Gasteiger partial charge in [0.25, 0.3) is 5.91 Å². The van der Waals surface area contributed by atoms with Gasteiger partial charge in [-0.15, -0.1) is 0 Å². The van der Waals surface area contributed by atoms with E-state index in [0.717, 1.165) is 12.1 Å². The van der Waals surface area contributed by atoms with Crippen molar-refractivity contribution in [2.24, 2.45) is 0 Å². The van der Waals surface area contributed by atoms with Crippen molar-refractivity contribution in [1.82, 2.24) is 10.3 Å². The Morgan fingerprint density at radius 1 is 1.18 bits per heavy atom. The highest BCUT2D eigenvalue weighted by molar-refractivity contribution is 5.96. The van der Waals surface area contributed by atoms with E-state index in [1.807, 2.05) is 4.90 Å². The molecule has 9 heteroatoms. The van der Waals surface area contributed by atoms with Crippen LogP contribution in [-0.2, 0) is 11.0 Å². The van der Waals surface area contributed by atoms with E-state index in [4.69, 9.17) is 0 Å². The first-order valence-electron chi connectivity index (χ1n) is 8.69. The van der Waals surface area contributed by atoms with Crippen LogP contribution < -0.4 is 15.5 Å². The summed E-state index contributed by atoms with van der Waals surface area (Å²) in [6.45, 7) is 2.48. The maximum atomic E-state index is 12.7. The number of hydrogen-bond acceptors (Lipinski definition) is 4. The molecular weight excluding hydrogens is 373 g/mol. The molecule has 1 aromatic carbocycles. The van der Waals surface area contributed by atoms with Crippen LogP contribution in [0.4, 0.5) is 24.7 Å². The topological polar surface area (TPSA) is 74.3 Å². The number of alkyl halides is 3. The van der Waals surface area contributed by atoms with Gasteiger partial charge in [-0.2, -0.15) is 13.2 Å². The van der Waals surface area contributed by atoms with Gasteiger partial charge in [-0.05, 0) is 42.8 Å². The van der Waals surface area contributed by atoms with Crippen LogP contribution >= 0.6 is 0 Å². The Balaban J connectivity index is 1.60. The highest BCUT2D eigenvalue weighted by atomic mass is 19.4. The van der Waals surface area contributed by atoms with E-state index < -0.39 is 11.7 Å². The third kappa shape index (κ3) is 4.79. The van der Waals surface area contributed by atoms with Crippen LogP contribution in [0.2, 0.25) is 0 Å². The fraction of sp³-hybridized carbons (Fsp3) is 0.316. The molecule has 0 aliphatic carbocycles. The number of carbonyl (C=O) groups is 2. The minimum absolute atomic E-state index is 0.132. The quantitative estimate of drug-likeness (QED) is 0.839. The number of halogens is 3. The number of amides is 2. The van der Waals surface area contributed by atoms with Crippen molar-refractivity contribution < 1.29 is 22.8 Å². The van der Waals surface area contributed by atoms with E-state index in [-0.39, 0.29) is 23.7 Å². The van der Waals surface area contributed by atoms with Gasteiger partial charge in [0.2, 0.25) is 5.91 Å². The van der Waals surface area contributed by atoms with Crippen molar-refractivity contribution in [3.8, 4) is 0 Å². The van der Waals surface area contributed by atoms with E-state index in [9.17, 15) is 22.8 Å². The number of carbonyl (C=O) groups excluding carboxylic acids is 2. The number of nitrogens with zero attached hydrogens (tertiary/aromatic N) is 2. The summed E-state index contributed by atoms with van der Waals surface area (Å²) in [5, 5.41) is 5.43. The normalized spacial score (nSPS) is 16.7. The van der Waals surface area contributed by atoms with E-state index in [2.05, 4.69) is 15.6 Å². The van der Waals surface area contributed by atoms with E-state index in [0.29, 0.717) is 30.8 Å². The Morgan fingerprint density at radius 2 is 1.89 bits per heavy atom. The second-order valence-electron chi connectivity index (χ2n) is 6.56. The molecule has 1 unspecified atom stereocenters. The molecule has 0 radical (unpaired) electrons.